The van der Waals surface area contributed by atoms with Gasteiger partial charge in [0.05, 0.1) is 12.3 Å². The van der Waals surface area contributed by atoms with E-state index in [2.05, 4.69) is 19.9 Å². The molecule has 0 aromatic carbocycles. The van der Waals surface area contributed by atoms with Gasteiger partial charge in [-0.15, -0.1) is 11.3 Å². The van der Waals surface area contributed by atoms with Crippen molar-refractivity contribution < 1.29 is 13.9 Å². The first kappa shape index (κ1) is 13.1. The third-order valence-electron chi connectivity index (χ3n) is 1.72. The molecule has 0 aliphatic carbocycles. The lowest BCUT2D eigenvalue weighted by molar-refractivity contribution is 0.139. The second-order valence-corrected chi connectivity index (χ2v) is 5.07. The predicted molar refractivity (Wildman–Crippen MR) is 61.4 cm³/mol. The Morgan fingerprint density at radius 3 is 2.72 bits per heavy atom. The summed E-state index contributed by atoms with van der Waals surface area (Å²) >= 11 is 2.24. The molecule has 6 nitrogen and oxygen atoms in total. The van der Waals surface area contributed by atoms with Crippen LogP contribution in [0.5, 0.6) is 0 Å². The van der Waals surface area contributed by atoms with E-state index in [-0.39, 0.29) is 17.7 Å². The highest BCUT2D eigenvalue weighted by molar-refractivity contribution is 8.00. The Labute approximate surface area is 108 Å². The maximum Gasteiger partial charge on any atom is 0.297 e. The molecule has 0 unspecified atom stereocenters. The monoisotopic (exact) mass is 291 g/mol. The molecule has 0 aliphatic rings. The molecule has 2 rings (SSSR count). The molecular formula is C8H7F2N5OS2. The summed E-state index contributed by atoms with van der Waals surface area (Å²) in [5.41, 5.74) is 5.82. The van der Waals surface area contributed by atoms with Crippen molar-refractivity contribution in [1.29, 1.82) is 0 Å². The Balaban J connectivity index is 2.23. The number of nitrogen functional groups attached to an aromatic ring is 1. The van der Waals surface area contributed by atoms with E-state index in [1.807, 2.05) is 0 Å². The molecule has 0 aliphatic heterocycles. The van der Waals surface area contributed by atoms with E-state index in [9.17, 15) is 8.78 Å². The number of hydrogen-bond acceptors (Lipinski definition) is 8. The fraction of sp³-hybridized carbons (Fsp3) is 0.250. The summed E-state index contributed by atoms with van der Waals surface area (Å²) in [7, 11) is 0. The second kappa shape index (κ2) is 5.50. The van der Waals surface area contributed by atoms with Gasteiger partial charge in [0.1, 0.15) is 0 Å². The van der Waals surface area contributed by atoms with E-state index < -0.39 is 12.2 Å². The van der Waals surface area contributed by atoms with Crippen LogP contribution in [0.2, 0.25) is 0 Å². The highest BCUT2D eigenvalue weighted by atomic mass is 32.2. The van der Waals surface area contributed by atoms with Crippen molar-refractivity contribution in [1.82, 2.24) is 19.9 Å². The van der Waals surface area contributed by atoms with Crippen LogP contribution in [-0.2, 0) is 6.61 Å². The van der Waals surface area contributed by atoms with Gasteiger partial charge in [0, 0.05) is 5.38 Å². The van der Waals surface area contributed by atoms with Gasteiger partial charge in [-0.3, -0.25) is 0 Å². The fourth-order valence-electron chi connectivity index (χ4n) is 1.02. The van der Waals surface area contributed by atoms with E-state index in [0.717, 1.165) is 11.8 Å². The van der Waals surface area contributed by atoms with Gasteiger partial charge >= 0.3 is 0 Å². The topological polar surface area (TPSA) is 97.8 Å². The molecule has 0 atom stereocenters. The molecule has 3 N–H and O–H groups in total. The lowest BCUT2D eigenvalue weighted by Crippen LogP contribution is -2.04. The molecule has 0 spiro atoms. The van der Waals surface area contributed by atoms with Gasteiger partial charge in [-0.25, -0.2) is 18.7 Å². The summed E-state index contributed by atoms with van der Waals surface area (Å²) < 4.78 is 25.5. The number of nitrogens with two attached hydrogens (primary N) is 1. The maximum absolute atomic E-state index is 12.5. The summed E-state index contributed by atoms with van der Waals surface area (Å²) in [6.45, 7) is -0.182. The summed E-state index contributed by atoms with van der Waals surface area (Å²) in [5.74, 6) is -0.925. The Hall–Kier alpha value is -1.39. The number of thiazole rings is 1. The lowest BCUT2D eigenvalue weighted by Gasteiger charge is -2.01. The first-order valence-corrected chi connectivity index (χ1v) is 6.31. The van der Waals surface area contributed by atoms with Crippen LogP contribution >= 0.6 is 23.1 Å². The van der Waals surface area contributed by atoms with Crippen LogP contribution in [0.15, 0.2) is 14.9 Å². The van der Waals surface area contributed by atoms with Gasteiger partial charge in [-0.2, -0.15) is 9.97 Å². The van der Waals surface area contributed by atoms with E-state index >= 15 is 0 Å². The summed E-state index contributed by atoms with van der Waals surface area (Å²) in [4.78, 5) is 14.7. The molecule has 0 saturated heterocycles. The summed E-state index contributed by atoms with van der Waals surface area (Å²) in [6, 6.07) is 0. The maximum atomic E-state index is 12.5. The molecule has 0 fully saturated rings. The van der Waals surface area contributed by atoms with Gasteiger partial charge in [0.2, 0.25) is 11.8 Å². The number of halogens is 2. The van der Waals surface area contributed by atoms with Crippen molar-refractivity contribution in [3.63, 3.8) is 0 Å². The molecule has 0 radical (unpaired) electrons. The Morgan fingerprint density at radius 1 is 1.33 bits per heavy atom. The summed E-state index contributed by atoms with van der Waals surface area (Å²) in [6.07, 6.45) is -2.81. The molecule has 0 amide bonds. The molecule has 96 valence electrons. The molecule has 18 heavy (non-hydrogen) atoms. The van der Waals surface area contributed by atoms with Crippen molar-refractivity contribution in [2.45, 2.75) is 22.5 Å². The Bertz CT molecular complexity index is 550. The van der Waals surface area contributed by atoms with Gasteiger partial charge in [0.15, 0.2) is 9.50 Å². The van der Waals surface area contributed by atoms with Crippen LogP contribution in [0.25, 0.3) is 0 Å². The number of hydrogen-bond donors (Lipinski definition) is 2. The predicted octanol–water partition coefficient (Wildman–Crippen LogP) is 1.49. The minimum absolute atomic E-state index is 0.0524. The van der Waals surface area contributed by atoms with Crippen molar-refractivity contribution in [3.05, 3.63) is 16.9 Å². The molecule has 2 aromatic rings. The van der Waals surface area contributed by atoms with Crippen LogP contribution < -0.4 is 5.73 Å². The molecule has 10 heteroatoms. The SMILES string of the molecule is Nc1nc(Sc2nc(CO)cs2)nc(C(F)F)n1. The minimum atomic E-state index is -2.81. The Morgan fingerprint density at radius 2 is 2.11 bits per heavy atom. The van der Waals surface area contributed by atoms with E-state index in [0.29, 0.717) is 10.0 Å². The number of anilines is 1. The normalized spacial score (nSPS) is 11.1. The first-order chi connectivity index (χ1) is 8.58. The number of alkyl halides is 2. The zero-order valence-corrected chi connectivity index (χ0v) is 10.4. The van der Waals surface area contributed by atoms with Crippen LogP contribution in [0, 0.1) is 0 Å². The van der Waals surface area contributed by atoms with E-state index in [1.165, 1.54) is 11.3 Å². The van der Waals surface area contributed by atoms with Gasteiger partial charge < -0.3 is 10.8 Å². The number of aromatic nitrogens is 4. The Kier molecular flexibility index (Phi) is 3.99. The van der Waals surface area contributed by atoms with Crippen molar-refractivity contribution in [3.8, 4) is 0 Å². The number of nitrogens with zero attached hydrogens (tertiary/aromatic N) is 4. The van der Waals surface area contributed by atoms with Crippen molar-refractivity contribution in [2.24, 2.45) is 0 Å². The smallest absolute Gasteiger partial charge is 0.297 e. The van der Waals surface area contributed by atoms with Gasteiger partial charge in [0.25, 0.3) is 6.43 Å². The largest absolute Gasteiger partial charge is 0.390 e. The van der Waals surface area contributed by atoms with Crippen molar-refractivity contribution >= 4 is 29.0 Å². The molecule has 2 heterocycles. The third kappa shape index (κ3) is 3.09. The van der Waals surface area contributed by atoms with Gasteiger partial charge in [-0.05, 0) is 11.8 Å². The van der Waals surface area contributed by atoms with Crippen molar-refractivity contribution in [2.75, 3.05) is 5.73 Å². The van der Waals surface area contributed by atoms with E-state index in [4.69, 9.17) is 10.8 Å². The zero-order valence-electron chi connectivity index (χ0n) is 8.75. The van der Waals surface area contributed by atoms with Crippen LogP contribution in [0.3, 0.4) is 0 Å². The van der Waals surface area contributed by atoms with Gasteiger partial charge in [-0.1, -0.05) is 0 Å². The van der Waals surface area contributed by atoms with E-state index in [1.54, 1.807) is 5.38 Å². The molecule has 2 aromatic heterocycles. The minimum Gasteiger partial charge on any atom is -0.390 e. The third-order valence-corrected chi connectivity index (χ3v) is 3.57. The average molecular weight is 291 g/mol. The highest BCUT2D eigenvalue weighted by Gasteiger charge is 2.15. The highest BCUT2D eigenvalue weighted by Crippen LogP contribution is 2.29. The number of aliphatic hydroxyl groups is 1. The molecule has 0 bridgehead atoms. The fourth-order valence-corrected chi connectivity index (χ4v) is 2.71. The number of rotatable bonds is 4. The van der Waals surface area contributed by atoms with Crippen LogP contribution in [-0.4, -0.2) is 25.0 Å². The zero-order chi connectivity index (χ0) is 13.1. The standard InChI is InChI=1S/C8H7F2N5OS2/c9-4(10)5-13-6(11)15-7(14-5)18-8-12-3(1-16)2-17-8/h2,4,16H,1H2,(H2,11,13,14,15). The second-order valence-electron chi connectivity index (χ2n) is 3.00. The quantitative estimate of drug-likeness (QED) is 0.880. The van der Waals surface area contributed by atoms with Crippen LogP contribution in [0.1, 0.15) is 17.9 Å². The number of aliphatic hydroxyl groups excluding tert-OH is 1. The molecular weight excluding hydrogens is 284 g/mol. The lowest BCUT2D eigenvalue weighted by atomic mass is 10.5. The average Bonchev–Trinajstić information content (AvgIpc) is 2.76. The molecule has 0 saturated carbocycles. The van der Waals surface area contributed by atoms with Crippen LogP contribution in [0.4, 0.5) is 14.7 Å². The summed E-state index contributed by atoms with van der Waals surface area (Å²) in [5, 5.41) is 10.6. The first-order valence-electron chi connectivity index (χ1n) is 4.61.